The molecule has 0 spiro atoms. The lowest BCUT2D eigenvalue weighted by Gasteiger charge is -2.34. The third-order valence-corrected chi connectivity index (χ3v) is 4.07. The van der Waals surface area contributed by atoms with Crippen molar-refractivity contribution in [2.24, 2.45) is 11.8 Å². The zero-order chi connectivity index (χ0) is 15.4. The van der Waals surface area contributed by atoms with Crippen molar-refractivity contribution in [3.8, 4) is 0 Å². The molecule has 0 aliphatic carbocycles. The van der Waals surface area contributed by atoms with E-state index in [2.05, 4.69) is 24.1 Å². The number of carbonyl (C=O) groups excluding carboxylic acids is 1. The van der Waals surface area contributed by atoms with Crippen molar-refractivity contribution in [1.82, 2.24) is 10.2 Å². The van der Waals surface area contributed by atoms with Gasteiger partial charge in [0, 0.05) is 31.2 Å². The molecule has 21 heavy (non-hydrogen) atoms. The van der Waals surface area contributed by atoms with Gasteiger partial charge in [0.15, 0.2) is 0 Å². The van der Waals surface area contributed by atoms with Crippen LogP contribution in [0.3, 0.4) is 0 Å². The molecule has 0 saturated carbocycles. The molecule has 0 bridgehead atoms. The van der Waals surface area contributed by atoms with Gasteiger partial charge in [-0.15, -0.1) is 0 Å². The number of hydrogen-bond donors (Lipinski definition) is 1. The highest BCUT2D eigenvalue weighted by molar-refractivity contribution is 6.30. The molecule has 0 unspecified atom stereocenters. The van der Waals surface area contributed by atoms with Crippen LogP contribution in [-0.4, -0.2) is 37.0 Å². The van der Waals surface area contributed by atoms with E-state index >= 15 is 0 Å². The average Bonchev–Trinajstić information content (AvgIpc) is 2.37. The van der Waals surface area contributed by atoms with E-state index in [0.29, 0.717) is 23.4 Å². The van der Waals surface area contributed by atoms with Crippen LogP contribution in [0.25, 0.3) is 0 Å². The number of piperidine rings is 1. The predicted octanol–water partition coefficient (Wildman–Crippen LogP) is 3.19. The lowest BCUT2D eigenvalue weighted by atomic mass is 9.92. The Hall–Kier alpha value is -1.13. The van der Waals surface area contributed by atoms with Crippen molar-refractivity contribution in [2.45, 2.75) is 20.3 Å². The molecule has 2 rings (SSSR count). The van der Waals surface area contributed by atoms with Gasteiger partial charge < -0.3 is 10.2 Å². The molecular formula is C16H22ClFN2O. The minimum atomic E-state index is -0.583. The molecule has 1 fully saturated rings. The largest absolute Gasteiger partial charge is 0.351 e. The van der Waals surface area contributed by atoms with Crippen LogP contribution in [-0.2, 0) is 0 Å². The number of likely N-dealkylation sites (tertiary alicyclic amines) is 1. The third kappa shape index (κ3) is 4.68. The Kier molecular flexibility index (Phi) is 5.59. The topological polar surface area (TPSA) is 32.3 Å². The molecule has 1 heterocycles. The highest BCUT2D eigenvalue weighted by Crippen LogP contribution is 2.20. The highest BCUT2D eigenvalue weighted by atomic mass is 35.5. The summed E-state index contributed by atoms with van der Waals surface area (Å²) in [6.45, 7) is 7.97. The summed E-state index contributed by atoms with van der Waals surface area (Å²) in [5, 5.41) is 3.06. The summed E-state index contributed by atoms with van der Waals surface area (Å²) < 4.78 is 13.6. The summed E-state index contributed by atoms with van der Waals surface area (Å²) in [6.07, 6.45) is 1.26. The summed E-state index contributed by atoms with van der Waals surface area (Å²) >= 11 is 5.68. The number of benzene rings is 1. The van der Waals surface area contributed by atoms with Gasteiger partial charge in [0.25, 0.3) is 5.91 Å². The van der Waals surface area contributed by atoms with E-state index in [4.69, 9.17) is 11.6 Å². The molecule has 1 saturated heterocycles. The maximum absolute atomic E-state index is 13.6. The van der Waals surface area contributed by atoms with Crippen LogP contribution in [0.4, 0.5) is 4.39 Å². The Morgan fingerprint density at radius 3 is 2.67 bits per heavy atom. The van der Waals surface area contributed by atoms with Crippen molar-refractivity contribution in [3.05, 3.63) is 34.6 Å². The third-order valence-electron chi connectivity index (χ3n) is 3.83. The van der Waals surface area contributed by atoms with Crippen molar-refractivity contribution >= 4 is 17.5 Å². The highest BCUT2D eigenvalue weighted by Gasteiger charge is 2.21. The quantitative estimate of drug-likeness (QED) is 0.926. The molecule has 3 nitrogen and oxygen atoms in total. The van der Waals surface area contributed by atoms with Gasteiger partial charge >= 0.3 is 0 Å². The number of nitrogens with one attached hydrogen (secondary N) is 1. The number of amides is 1. The van der Waals surface area contributed by atoms with Crippen molar-refractivity contribution in [2.75, 3.05) is 26.2 Å². The predicted molar refractivity (Wildman–Crippen MR) is 83.1 cm³/mol. The zero-order valence-electron chi connectivity index (χ0n) is 12.5. The summed E-state index contributed by atoms with van der Waals surface area (Å²) in [7, 11) is 0. The van der Waals surface area contributed by atoms with E-state index in [1.165, 1.54) is 18.6 Å². The molecule has 5 heteroatoms. The summed E-state index contributed by atoms with van der Waals surface area (Å²) in [5.41, 5.74) is 0.0415. The summed E-state index contributed by atoms with van der Waals surface area (Å²) in [5.74, 6) is 0.416. The number of halogens is 2. The minimum Gasteiger partial charge on any atom is -0.351 e. The van der Waals surface area contributed by atoms with Crippen LogP contribution >= 0.6 is 11.6 Å². The van der Waals surface area contributed by atoms with E-state index in [1.807, 2.05) is 0 Å². The van der Waals surface area contributed by atoms with Crippen molar-refractivity contribution in [3.63, 3.8) is 0 Å². The van der Waals surface area contributed by atoms with Gasteiger partial charge in [-0.05, 0) is 36.5 Å². The molecule has 1 aliphatic heterocycles. The molecule has 2 atom stereocenters. The normalized spacial score (nSPS) is 23.0. The van der Waals surface area contributed by atoms with Crippen molar-refractivity contribution < 1.29 is 9.18 Å². The van der Waals surface area contributed by atoms with E-state index in [-0.39, 0.29) is 11.5 Å². The van der Waals surface area contributed by atoms with Gasteiger partial charge in [0.2, 0.25) is 0 Å². The fourth-order valence-electron chi connectivity index (χ4n) is 3.07. The Morgan fingerprint density at radius 2 is 2.05 bits per heavy atom. The SMILES string of the molecule is C[C@H]1C[C@H](C)CN(CCNC(=O)c2ccc(Cl)cc2F)C1. The Bertz CT molecular complexity index is 499. The molecule has 116 valence electrons. The first kappa shape index (κ1) is 16.2. The van der Waals surface area contributed by atoms with Crippen molar-refractivity contribution in [1.29, 1.82) is 0 Å². The van der Waals surface area contributed by atoms with Crippen LogP contribution in [0.5, 0.6) is 0 Å². The smallest absolute Gasteiger partial charge is 0.254 e. The summed E-state index contributed by atoms with van der Waals surface area (Å²) in [6, 6.07) is 4.09. The molecule has 0 aromatic heterocycles. The fraction of sp³-hybridized carbons (Fsp3) is 0.562. The van der Waals surface area contributed by atoms with Crippen LogP contribution < -0.4 is 5.32 Å². The monoisotopic (exact) mass is 312 g/mol. The first-order valence-corrected chi connectivity index (χ1v) is 7.79. The number of nitrogens with zero attached hydrogens (tertiary/aromatic N) is 1. The second-order valence-electron chi connectivity index (χ2n) is 6.09. The first-order valence-electron chi connectivity index (χ1n) is 7.41. The maximum atomic E-state index is 13.6. The molecule has 1 N–H and O–H groups in total. The number of rotatable bonds is 4. The van der Waals surface area contributed by atoms with E-state index in [9.17, 15) is 9.18 Å². The molecule has 1 aromatic carbocycles. The van der Waals surface area contributed by atoms with Crippen LogP contribution in [0.1, 0.15) is 30.6 Å². The van der Waals surface area contributed by atoms with Gasteiger partial charge in [-0.25, -0.2) is 4.39 Å². The van der Waals surface area contributed by atoms with E-state index in [1.54, 1.807) is 0 Å². The maximum Gasteiger partial charge on any atom is 0.254 e. The van der Waals surface area contributed by atoms with Gasteiger partial charge in [-0.2, -0.15) is 0 Å². The molecule has 0 radical (unpaired) electrons. The molecule has 1 aliphatic rings. The number of carbonyl (C=O) groups is 1. The second-order valence-corrected chi connectivity index (χ2v) is 6.52. The zero-order valence-corrected chi connectivity index (χ0v) is 13.3. The Balaban J connectivity index is 1.81. The molecular weight excluding hydrogens is 291 g/mol. The van der Waals surface area contributed by atoms with Crippen LogP contribution in [0.15, 0.2) is 18.2 Å². The van der Waals surface area contributed by atoms with E-state index in [0.717, 1.165) is 25.7 Å². The Morgan fingerprint density at radius 1 is 1.38 bits per heavy atom. The fourth-order valence-corrected chi connectivity index (χ4v) is 3.23. The van der Waals surface area contributed by atoms with Gasteiger partial charge in [0.1, 0.15) is 5.82 Å². The average molecular weight is 313 g/mol. The minimum absolute atomic E-state index is 0.0415. The van der Waals surface area contributed by atoms with Crippen LogP contribution in [0.2, 0.25) is 5.02 Å². The second kappa shape index (κ2) is 7.23. The van der Waals surface area contributed by atoms with Gasteiger partial charge in [-0.3, -0.25) is 4.79 Å². The van der Waals surface area contributed by atoms with Gasteiger partial charge in [0.05, 0.1) is 5.56 Å². The number of hydrogen-bond acceptors (Lipinski definition) is 2. The molecule has 1 aromatic rings. The lowest BCUT2D eigenvalue weighted by molar-refractivity contribution is 0.0932. The van der Waals surface area contributed by atoms with Gasteiger partial charge in [-0.1, -0.05) is 25.4 Å². The molecule has 1 amide bonds. The summed E-state index contributed by atoms with van der Waals surface area (Å²) in [4.78, 5) is 14.3. The first-order chi connectivity index (χ1) is 9.95. The van der Waals surface area contributed by atoms with E-state index < -0.39 is 5.82 Å². The van der Waals surface area contributed by atoms with Crippen LogP contribution in [0, 0.1) is 17.7 Å². The Labute approximate surface area is 130 Å². The lowest BCUT2D eigenvalue weighted by Crippen LogP contribution is -2.42. The standard InChI is InChI=1S/C16H22ClFN2O/c1-11-7-12(2)10-20(9-11)6-5-19-16(21)14-4-3-13(17)8-15(14)18/h3-4,8,11-12H,5-7,9-10H2,1-2H3,(H,19,21)/t11-,12-/m0/s1.